The Morgan fingerprint density at radius 2 is 1.96 bits per heavy atom. The first-order valence-corrected chi connectivity index (χ1v) is 10.4. The number of fused-ring (bicyclic) bond motifs is 5. The number of hydrogen-bond acceptors (Lipinski definition) is 3. The summed E-state index contributed by atoms with van der Waals surface area (Å²) in [6.45, 7) is 6.68. The number of aliphatic hydroxyl groups is 1. The molecule has 8 atom stereocenters. The molecule has 0 spiro atoms. The van der Waals surface area contributed by atoms with Gasteiger partial charge in [0, 0.05) is 5.97 Å². The van der Waals surface area contributed by atoms with Crippen molar-refractivity contribution in [1.29, 1.82) is 0 Å². The SMILES string of the molecule is C[C@H](C(=O)[O-])[C@H]1CC[C@@H]2[C@@H]3CC=C4C[C@@H](O)CC[C@]4(C)[C@@H]3CC[C@@]21C. The van der Waals surface area contributed by atoms with Crippen LogP contribution in [0.15, 0.2) is 11.6 Å². The molecule has 4 rings (SSSR count). The maximum atomic E-state index is 11.5. The van der Waals surface area contributed by atoms with Gasteiger partial charge in [0.1, 0.15) is 0 Å². The van der Waals surface area contributed by atoms with E-state index >= 15 is 0 Å². The van der Waals surface area contributed by atoms with Crippen molar-refractivity contribution < 1.29 is 15.0 Å². The molecule has 0 aromatic heterocycles. The predicted molar refractivity (Wildman–Crippen MR) is 95.4 cm³/mol. The molecule has 0 heterocycles. The number of carbonyl (C=O) groups is 1. The third kappa shape index (κ3) is 2.44. The maximum absolute atomic E-state index is 11.5. The number of carbonyl (C=O) groups excluding carboxylic acids is 1. The fourth-order valence-corrected chi connectivity index (χ4v) is 7.67. The fraction of sp³-hybridized carbons (Fsp3) is 0.864. The smallest absolute Gasteiger partial charge is 0.0577 e. The molecular formula is C22H33O3-. The summed E-state index contributed by atoms with van der Waals surface area (Å²) in [6.07, 6.45) is 11.0. The molecule has 0 aromatic rings. The Balaban J connectivity index is 1.63. The van der Waals surface area contributed by atoms with Gasteiger partial charge in [-0.15, -0.1) is 0 Å². The molecule has 3 heteroatoms. The van der Waals surface area contributed by atoms with Gasteiger partial charge >= 0.3 is 0 Å². The summed E-state index contributed by atoms with van der Waals surface area (Å²) in [4.78, 5) is 11.5. The second kappa shape index (κ2) is 5.84. The van der Waals surface area contributed by atoms with E-state index in [9.17, 15) is 15.0 Å². The molecule has 0 aromatic carbocycles. The van der Waals surface area contributed by atoms with E-state index in [-0.39, 0.29) is 28.8 Å². The Morgan fingerprint density at radius 1 is 1.20 bits per heavy atom. The average Bonchev–Trinajstić information content (AvgIpc) is 2.92. The van der Waals surface area contributed by atoms with E-state index in [1.165, 1.54) is 18.4 Å². The zero-order valence-electron chi connectivity index (χ0n) is 16.0. The Hall–Kier alpha value is -0.830. The van der Waals surface area contributed by atoms with Crippen LogP contribution in [0.2, 0.25) is 0 Å². The molecule has 0 unspecified atom stereocenters. The highest BCUT2D eigenvalue weighted by Crippen LogP contribution is 2.67. The first-order chi connectivity index (χ1) is 11.8. The van der Waals surface area contributed by atoms with Crippen molar-refractivity contribution in [1.82, 2.24) is 0 Å². The lowest BCUT2D eigenvalue weighted by Gasteiger charge is -2.58. The van der Waals surface area contributed by atoms with Gasteiger partial charge in [0.25, 0.3) is 0 Å². The Labute approximate surface area is 151 Å². The number of carboxylic acids is 1. The molecule has 0 bridgehead atoms. The number of rotatable bonds is 2. The van der Waals surface area contributed by atoms with E-state index in [0.29, 0.717) is 11.8 Å². The number of aliphatic carboxylic acids is 1. The second-order valence-corrected chi connectivity index (χ2v) is 9.99. The standard InChI is InChI=1S/C22H34O3/c1-13(20(24)25)17-6-7-18-16-5-4-14-12-15(23)8-10-21(14,2)19(16)9-11-22(17,18)3/h4,13,15-19,23H,5-12H2,1-3H3,(H,24,25)/p-1/t13-,15-,16-,17+,18+,19+,21-,22+/m0/s1. The van der Waals surface area contributed by atoms with Crippen LogP contribution in [0.3, 0.4) is 0 Å². The molecule has 0 aliphatic heterocycles. The highest BCUT2D eigenvalue weighted by Gasteiger charge is 2.59. The van der Waals surface area contributed by atoms with Crippen molar-refractivity contribution in [3.05, 3.63) is 11.6 Å². The van der Waals surface area contributed by atoms with Gasteiger partial charge in [-0.1, -0.05) is 32.4 Å². The minimum Gasteiger partial charge on any atom is -0.550 e. The van der Waals surface area contributed by atoms with Gasteiger partial charge in [0.2, 0.25) is 0 Å². The van der Waals surface area contributed by atoms with Crippen LogP contribution in [0, 0.1) is 40.4 Å². The van der Waals surface area contributed by atoms with Crippen LogP contribution in [0.1, 0.15) is 72.1 Å². The number of allylic oxidation sites excluding steroid dienone is 1. The molecule has 3 saturated carbocycles. The summed E-state index contributed by atoms with van der Waals surface area (Å²) in [5, 5.41) is 21.6. The largest absolute Gasteiger partial charge is 0.550 e. The summed E-state index contributed by atoms with van der Waals surface area (Å²) < 4.78 is 0. The Morgan fingerprint density at radius 3 is 2.68 bits per heavy atom. The van der Waals surface area contributed by atoms with Gasteiger partial charge in [-0.3, -0.25) is 0 Å². The maximum Gasteiger partial charge on any atom is 0.0577 e. The van der Waals surface area contributed by atoms with Crippen LogP contribution in [-0.2, 0) is 4.79 Å². The summed E-state index contributed by atoms with van der Waals surface area (Å²) >= 11 is 0. The summed E-state index contributed by atoms with van der Waals surface area (Å²) in [7, 11) is 0. The van der Waals surface area contributed by atoms with E-state index in [4.69, 9.17) is 0 Å². The molecular weight excluding hydrogens is 312 g/mol. The highest BCUT2D eigenvalue weighted by atomic mass is 16.4. The minimum atomic E-state index is -0.868. The van der Waals surface area contributed by atoms with Gasteiger partial charge < -0.3 is 15.0 Å². The van der Waals surface area contributed by atoms with Crippen LogP contribution >= 0.6 is 0 Å². The van der Waals surface area contributed by atoms with Crippen molar-refractivity contribution in [2.75, 3.05) is 0 Å². The minimum absolute atomic E-state index is 0.149. The molecule has 0 radical (unpaired) electrons. The second-order valence-electron chi connectivity index (χ2n) is 9.99. The third-order valence-corrected chi connectivity index (χ3v) is 9.13. The van der Waals surface area contributed by atoms with Crippen LogP contribution in [-0.4, -0.2) is 17.2 Å². The third-order valence-electron chi connectivity index (χ3n) is 9.13. The molecule has 3 nitrogen and oxygen atoms in total. The van der Waals surface area contributed by atoms with Crippen molar-refractivity contribution in [2.45, 2.75) is 78.2 Å². The van der Waals surface area contributed by atoms with Crippen LogP contribution in [0.25, 0.3) is 0 Å². The number of carboxylic acid groups (broad SMARTS) is 1. The van der Waals surface area contributed by atoms with Crippen LogP contribution < -0.4 is 5.11 Å². The van der Waals surface area contributed by atoms with E-state index in [1.807, 2.05) is 6.92 Å². The first kappa shape index (κ1) is 17.6. The van der Waals surface area contributed by atoms with Gasteiger partial charge in [-0.2, -0.15) is 0 Å². The van der Waals surface area contributed by atoms with E-state index in [0.717, 1.165) is 44.4 Å². The lowest BCUT2D eigenvalue weighted by molar-refractivity contribution is -0.314. The molecule has 0 saturated heterocycles. The zero-order chi connectivity index (χ0) is 18.0. The van der Waals surface area contributed by atoms with Crippen molar-refractivity contribution in [3.63, 3.8) is 0 Å². The van der Waals surface area contributed by atoms with Gasteiger partial charge in [0.15, 0.2) is 0 Å². The highest BCUT2D eigenvalue weighted by molar-refractivity contribution is 5.67. The molecule has 140 valence electrons. The molecule has 1 N–H and O–H groups in total. The molecule has 0 amide bonds. The zero-order valence-corrected chi connectivity index (χ0v) is 16.0. The van der Waals surface area contributed by atoms with Crippen molar-refractivity contribution >= 4 is 5.97 Å². The van der Waals surface area contributed by atoms with Crippen molar-refractivity contribution in [2.24, 2.45) is 40.4 Å². The summed E-state index contributed by atoms with van der Waals surface area (Å²) in [5.74, 6) is 1.14. The molecule has 4 aliphatic rings. The Kier molecular flexibility index (Phi) is 4.10. The van der Waals surface area contributed by atoms with E-state index < -0.39 is 5.97 Å². The fourth-order valence-electron chi connectivity index (χ4n) is 7.67. The normalized spacial score (nSPS) is 50.2. The van der Waals surface area contributed by atoms with Crippen LogP contribution in [0.5, 0.6) is 0 Å². The van der Waals surface area contributed by atoms with E-state index in [1.54, 1.807) is 0 Å². The monoisotopic (exact) mass is 345 g/mol. The van der Waals surface area contributed by atoms with Gasteiger partial charge in [0.05, 0.1) is 6.10 Å². The predicted octanol–water partition coefficient (Wildman–Crippen LogP) is 3.31. The lowest BCUT2D eigenvalue weighted by Crippen LogP contribution is -2.51. The number of hydrogen-bond donors (Lipinski definition) is 1. The summed E-state index contributed by atoms with van der Waals surface area (Å²) in [5.41, 5.74) is 1.94. The lowest BCUT2D eigenvalue weighted by atomic mass is 9.47. The van der Waals surface area contributed by atoms with Crippen LogP contribution in [0.4, 0.5) is 0 Å². The van der Waals surface area contributed by atoms with Crippen molar-refractivity contribution in [3.8, 4) is 0 Å². The summed E-state index contributed by atoms with van der Waals surface area (Å²) in [6, 6.07) is 0. The topological polar surface area (TPSA) is 60.4 Å². The van der Waals surface area contributed by atoms with Gasteiger partial charge in [-0.25, -0.2) is 0 Å². The first-order valence-electron chi connectivity index (χ1n) is 10.4. The van der Waals surface area contributed by atoms with E-state index in [2.05, 4.69) is 19.9 Å². The number of aliphatic hydroxyl groups excluding tert-OH is 1. The molecule has 3 fully saturated rings. The molecule has 25 heavy (non-hydrogen) atoms. The Bertz CT molecular complexity index is 596. The van der Waals surface area contributed by atoms with Gasteiger partial charge in [-0.05, 0) is 91.8 Å². The quantitative estimate of drug-likeness (QED) is 0.781. The average molecular weight is 346 g/mol. The molecule has 4 aliphatic carbocycles.